The molecule has 2 nitrogen and oxygen atoms in total. The van der Waals surface area contributed by atoms with E-state index < -0.39 is 5.41 Å². The highest BCUT2D eigenvalue weighted by Crippen LogP contribution is 2.33. The van der Waals surface area contributed by atoms with Crippen LogP contribution in [0.4, 0.5) is 4.39 Å². The predicted octanol–water partition coefficient (Wildman–Crippen LogP) is 6.09. The van der Waals surface area contributed by atoms with Gasteiger partial charge in [-0.05, 0) is 48.9 Å². The minimum absolute atomic E-state index is 0.214. The number of nitrogens with zero attached hydrogens (tertiary/aromatic N) is 1. The van der Waals surface area contributed by atoms with E-state index in [1.54, 1.807) is 6.07 Å². The molecule has 1 aromatic heterocycles. The molecule has 1 heterocycles. The molecule has 0 radical (unpaired) electrons. The van der Waals surface area contributed by atoms with Gasteiger partial charge in [0.05, 0.1) is 0 Å². The molecule has 3 aromatic rings. The fraction of sp³-hybridized carbons (Fsp3) is 0.360. The molecule has 1 atom stereocenters. The van der Waals surface area contributed by atoms with Gasteiger partial charge in [-0.3, -0.25) is 4.79 Å². The van der Waals surface area contributed by atoms with E-state index in [2.05, 4.69) is 37.9 Å². The molecule has 0 aliphatic carbocycles. The van der Waals surface area contributed by atoms with Crippen LogP contribution in [0.5, 0.6) is 0 Å². The summed E-state index contributed by atoms with van der Waals surface area (Å²) in [5, 5.41) is 0.738. The van der Waals surface area contributed by atoms with Crippen LogP contribution in [0, 0.1) is 24.1 Å². The van der Waals surface area contributed by atoms with Crippen molar-refractivity contribution in [3.63, 3.8) is 0 Å². The highest BCUT2D eigenvalue weighted by Gasteiger charge is 2.34. The van der Waals surface area contributed by atoms with Gasteiger partial charge < -0.3 is 0 Å². The molecule has 0 aliphatic rings. The second-order valence-electron chi connectivity index (χ2n) is 8.47. The van der Waals surface area contributed by atoms with Crippen molar-refractivity contribution in [1.29, 1.82) is 0 Å². The van der Waals surface area contributed by atoms with Gasteiger partial charge in [-0.15, -0.1) is 0 Å². The maximum Gasteiger partial charge on any atom is 0.149 e. The van der Waals surface area contributed by atoms with E-state index in [0.717, 1.165) is 29.5 Å². The summed E-state index contributed by atoms with van der Waals surface area (Å²) >= 11 is 0. The van der Waals surface area contributed by atoms with Crippen LogP contribution in [0.25, 0.3) is 10.9 Å². The van der Waals surface area contributed by atoms with E-state index in [-0.39, 0.29) is 11.6 Å². The first kappa shape index (κ1) is 20.2. The van der Waals surface area contributed by atoms with Gasteiger partial charge in [0, 0.05) is 22.9 Å². The summed E-state index contributed by atoms with van der Waals surface area (Å²) in [5.74, 6) is 0.306. The standard InChI is InChI=1S/C25H28FNO/c1-17(2)15-25(4,16-19-9-6-5-7-10-19)23(28)14-21-13-20-11-8-12-22(26)24(20)27-18(21)3/h5-13,17H,14-16H2,1-4H3/t25-/m1/s1. The van der Waals surface area contributed by atoms with Gasteiger partial charge >= 0.3 is 0 Å². The number of benzene rings is 2. The normalized spacial score (nSPS) is 13.6. The minimum atomic E-state index is -0.446. The number of carbonyl (C=O) groups is 1. The summed E-state index contributed by atoms with van der Waals surface area (Å²) in [4.78, 5) is 17.9. The molecule has 2 aromatic carbocycles. The van der Waals surface area contributed by atoms with E-state index in [0.29, 0.717) is 17.9 Å². The predicted molar refractivity (Wildman–Crippen MR) is 113 cm³/mol. The SMILES string of the molecule is Cc1nc2c(F)cccc2cc1CC(=O)[C@@](C)(Cc1ccccc1)CC(C)C. The van der Waals surface area contributed by atoms with Crippen molar-refractivity contribution >= 4 is 16.7 Å². The van der Waals surface area contributed by atoms with Crippen LogP contribution in [0.3, 0.4) is 0 Å². The monoisotopic (exact) mass is 377 g/mol. The van der Waals surface area contributed by atoms with E-state index in [9.17, 15) is 9.18 Å². The van der Waals surface area contributed by atoms with Gasteiger partial charge in [0.1, 0.15) is 17.1 Å². The van der Waals surface area contributed by atoms with E-state index >= 15 is 0 Å². The Morgan fingerprint density at radius 1 is 1.11 bits per heavy atom. The number of pyridine rings is 1. The van der Waals surface area contributed by atoms with E-state index in [4.69, 9.17) is 0 Å². The Kier molecular flexibility index (Phi) is 5.93. The lowest BCUT2D eigenvalue weighted by atomic mass is 9.72. The van der Waals surface area contributed by atoms with E-state index in [1.165, 1.54) is 11.6 Å². The number of Topliss-reactive ketones (excluding diaryl/α,β-unsaturated/α-hetero) is 1. The van der Waals surface area contributed by atoms with Crippen molar-refractivity contribution < 1.29 is 9.18 Å². The zero-order chi connectivity index (χ0) is 20.3. The van der Waals surface area contributed by atoms with Gasteiger partial charge in [-0.1, -0.05) is 63.2 Å². The minimum Gasteiger partial charge on any atom is -0.299 e. The van der Waals surface area contributed by atoms with Gasteiger partial charge in [0.25, 0.3) is 0 Å². The Morgan fingerprint density at radius 3 is 2.50 bits per heavy atom. The number of aromatic nitrogens is 1. The van der Waals surface area contributed by atoms with E-state index in [1.807, 2.05) is 37.3 Å². The molecular weight excluding hydrogens is 349 g/mol. The molecule has 0 bridgehead atoms. The Morgan fingerprint density at radius 2 is 1.82 bits per heavy atom. The van der Waals surface area contributed by atoms with Crippen molar-refractivity contribution in [2.75, 3.05) is 0 Å². The van der Waals surface area contributed by atoms with Crippen molar-refractivity contribution in [1.82, 2.24) is 4.98 Å². The van der Waals surface area contributed by atoms with Crippen molar-refractivity contribution in [2.45, 2.75) is 47.0 Å². The number of aryl methyl sites for hydroxylation is 1. The molecule has 0 aliphatic heterocycles. The highest BCUT2D eigenvalue weighted by atomic mass is 19.1. The number of hydrogen-bond acceptors (Lipinski definition) is 2. The van der Waals surface area contributed by atoms with Gasteiger partial charge in [-0.25, -0.2) is 9.37 Å². The Balaban J connectivity index is 1.91. The first-order valence-corrected chi connectivity index (χ1v) is 9.90. The molecule has 0 N–H and O–H groups in total. The van der Waals surface area contributed by atoms with Gasteiger partial charge in [0.15, 0.2) is 0 Å². The molecule has 0 unspecified atom stereocenters. The number of halogens is 1. The lowest BCUT2D eigenvalue weighted by Crippen LogP contribution is -2.33. The van der Waals surface area contributed by atoms with Crippen LogP contribution in [-0.4, -0.2) is 10.8 Å². The van der Waals surface area contributed by atoms with Gasteiger partial charge in [0.2, 0.25) is 0 Å². The van der Waals surface area contributed by atoms with Crippen LogP contribution in [0.15, 0.2) is 54.6 Å². The first-order valence-electron chi connectivity index (χ1n) is 9.90. The maximum absolute atomic E-state index is 14.0. The largest absolute Gasteiger partial charge is 0.299 e. The molecule has 28 heavy (non-hydrogen) atoms. The Hall–Kier alpha value is -2.55. The zero-order valence-electron chi connectivity index (χ0n) is 17.1. The lowest BCUT2D eigenvalue weighted by molar-refractivity contribution is -0.128. The maximum atomic E-state index is 14.0. The third-order valence-electron chi connectivity index (χ3n) is 5.41. The number of fused-ring (bicyclic) bond motifs is 1. The lowest BCUT2D eigenvalue weighted by Gasteiger charge is -2.30. The topological polar surface area (TPSA) is 30.0 Å². The smallest absolute Gasteiger partial charge is 0.149 e. The summed E-state index contributed by atoms with van der Waals surface area (Å²) in [7, 11) is 0. The number of carbonyl (C=O) groups excluding carboxylic acids is 1. The summed E-state index contributed by atoms with van der Waals surface area (Å²) in [6.45, 7) is 8.24. The number of para-hydroxylation sites is 1. The molecule has 3 rings (SSSR count). The average Bonchev–Trinajstić information content (AvgIpc) is 2.63. The molecule has 0 saturated heterocycles. The van der Waals surface area contributed by atoms with Crippen molar-refractivity contribution in [3.8, 4) is 0 Å². The summed E-state index contributed by atoms with van der Waals surface area (Å²) in [6, 6.07) is 17.0. The van der Waals surface area contributed by atoms with Crippen molar-refractivity contribution in [3.05, 3.63) is 77.2 Å². The highest BCUT2D eigenvalue weighted by molar-refractivity contribution is 5.88. The van der Waals surface area contributed by atoms with Crippen LogP contribution in [-0.2, 0) is 17.6 Å². The number of ketones is 1. The van der Waals surface area contributed by atoms with Crippen molar-refractivity contribution in [2.24, 2.45) is 11.3 Å². The van der Waals surface area contributed by atoms with Crippen LogP contribution in [0.1, 0.15) is 44.0 Å². The van der Waals surface area contributed by atoms with Gasteiger partial charge in [-0.2, -0.15) is 0 Å². The van der Waals surface area contributed by atoms with Crippen LogP contribution in [0.2, 0.25) is 0 Å². The Bertz CT molecular complexity index is 981. The zero-order valence-corrected chi connectivity index (χ0v) is 17.1. The second-order valence-corrected chi connectivity index (χ2v) is 8.47. The molecule has 0 spiro atoms. The average molecular weight is 378 g/mol. The fourth-order valence-corrected chi connectivity index (χ4v) is 4.10. The Labute approximate surface area is 166 Å². The molecule has 3 heteroatoms. The summed E-state index contributed by atoms with van der Waals surface area (Å²) in [6.07, 6.45) is 1.87. The third-order valence-corrected chi connectivity index (χ3v) is 5.41. The fourth-order valence-electron chi connectivity index (χ4n) is 4.10. The summed E-state index contributed by atoms with van der Waals surface area (Å²) in [5.41, 5.74) is 2.70. The number of hydrogen-bond donors (Lipinski definition) is 0. The third kappa shape index (κ3) is 4.46. The molecule has 0 amide bonds. The molecule has 0 saturated carbocycles. The summed E-state index contributed by atoms with van der Waals surface area (Å²) < 4.78 is 14.0. The van der Waals surface area contributed by atoms with Crippen LogP contribution >= 0.6 is 0 Å². The first-order chi connectivity index (χ1) is 13.3. The van der Waals surface area contributed by atoms with Crippen LogP contribution < -0.4 is 0 Å². The molecule has 0 fully saturated rings. The molecular formula is C25H28FNO. The quantitative estimate of drug-likeness (QED) is 0.499. The second kappa shape index (κ2) is 8.22. The molecule has 146 valence electrons. The number of rotatable bonds is 7.